The number of aryl methyl sites for hydroxylation is 2. The number of hydrogen-bond donors (Lipinski definition) is 1. The van der Waals surface area contributed by atoms with Crippen LogP contribution in [0.4, 0.5) is 0 Å². The largest absolute Gasteiger partial charge is 0.467 e. The highest BCUT2D eigenvalue weighted by Gasteiger charge is 2.28. The number of hydrogen-bond acceptors (Lipinski definition) is 4. The molecule has 1 N–H and O–H groups in total. The summed E-state index contributed by atoms with van der Waals surface area (Å²) in [6, 6.07) is 5.38. The maximum absolute atomic E-state index is 12.7. The predicted octanol–water partition coefficient (Wildman–Crippen LogP) is 3.36. The molecule has 2 aromatic heterocycles. The van der Waals surface area contributed by atoms with Gasteiger partial charge in [-0.15, -0.1) is 0 Å². The molecule has 0 radical (unpaired) electrons. The van der Waals surface area contributed by atoms with Gasteiger partial charge in [0, 0.05) is 6.54 Å². The minimum Gasteiger partial charge on any atom is -0.467 e. The molecule has 0 bridgehead atoms. The van der Waals surface area contributed by atoms with Gasteiger partial charge in [-0.3, -0.25) is 9.59 Å². The van der Waals surface area contributed by atoms with Crippen molar-refractivity contribution >= 4 is 11.8 Å². The fraction of sp³-hybridized carbons (Fsp3) is 0.474. The van der Waals surface area contributed by atoms with Crippen LogP contribution in [0, 0.1) is 13.8 Å². The van der Waals surface area contributed by atoms with Crippen molar-refractivity contribution in [1.29, 1.82) is 0 Å². The van der Waals surface area contributed by atoms with E-state index in [-0.39, 0.29) is 24.4 Å². The van der Waals surface area contributed by atoms with Crippen LogP contribution in [-0.2, 0) is 4.79 Å². The van der Waals surface area contributed by atoms with Gasteiger partial charge in [0.25, 0.3) is 5.91 Å². The molecule has 134 valence electrons. The first-order valence-corrected chi connectivity index (χ1v) is 8.74. The van der Waals surface area contributed by atoms with Gasteiger partial charge in [0.1, 0.15) is 17.3 Å². The monoisotopic (exact) mass is 344 g/mol. The standard InChI is InChI=1S/C19H24N2O4/c1-13-11-15(14(2)25-13)19(23)20-12-18(22)21-9-5-3-4-7-16(21)17-8-6-10-24-17/h6,8,10-11,16H,3-5,7,9,12H2,1-2H3,(H,20,23)/t16-/m0/s1. The smallest absolute Gasteiger partial charge is 0.255 e. The van der Waals surface area contributed by atoms with Crippen molar-refractivity contribution in [1.82, 2.24) is 10.2 Å². The fourth-order valence-electron chi connectivity index (χ4n) is 3.39. The molecule has 1 fully saturated rings. The molecule has 0 spiro atoms. The summed E-state index contributed by atoms with van der Waals surface area (Å²) >= 11 is 0. The van der Waals surface area contributed by atoms with Gasteiger partial charge in [0.2, 0.25) is 5.91 Å². The van der Waals surface area contributed by atoms with Crippen molar-refractivity contribution in [2.45, 2.75) is 45.6 Å². The van der Waals surface area contributed by atoms with Crippen LogP contribution in [0.1, 0.15) is 59.4 Å². The molecular formula is C19H24N2O4. The molecule has 3 rings (SSSR count). The lowest BCUT2D eigenvalue weighted by molar-refractivity contribution is -0.132. The number of carbonyl (C=O) groups excluding carboxylic acids is 2. The van der Waals surface area contributed by atoms with Crippen LogP contribution in [0.5, 0.6) is 0 Å². The molecule has 2 aromatic rings. The van der Waals surface area contributed by atoms with E-state index in [2.05, 4.69) is 5.32 Å². The topological polar surface area (TPSA) is 75.7 Å². The molecule has 1 atom stereocenters. The first-order valence-electron chi connectivity index (χ1n) is 8.74. The fourth-order valence-corrected chi connectivity index (χ4v) is 3.39. The summed E-state index contributed by atoms with van der Waals surface area (Å²) in [5.74, 6) is 1.68. The molecule has 1 aliphatic heterocycles. The Kier molecular flexibility index (Phi) is 5.26. The zero-order chi connectivity index (χ0) is 17.8. The summed E-state index contributed by atoms with van der Waals surface area (Å²) in [5.41, 5.74) is 0.476. The predicted molar refractivity (Wildman–Crippen MR) is 92.1 cm³/mol. The van der Waals surface area contributed by atoms with Crippen molar-refractivity contribution < 1.29 is 18.4 Å². The van der Waals surface area contributed by atoms with Gasteiger partial charge in [-0.25, -0.2) is 0 Å². The van der Waals surface area contributed by atoms with Crippen molar-refractivity contribution in [3.05, 3.63) is 47.3 Å². The lowest BCUT2D eigenvalue weighted by atomic mass is 10.1. The van der Waals surface area contributed by atoms with Crippen LogP contribution >= 0.6 is 0 Å². The molecule has 0 aliphatic carbocycles. The molecule has 0 saturated carbocycles. The first-order chi connectivity index (χ1) is 12.1. The van der Waals surface area contributed by atoms with Crippen LogP contribution in [0.15, 0.2) is 33.3 Å². The number of nitrogens with zero attached hydrogens (tertiary/aromatic N) is 1. The van der Waals surface area contributed by atoms with Crippen molar-refractivity contribution in [2.75, 3.05) is 13.1 Å². The average Bonchev–Trinajstić information content (AvgIpc) is 3.15. The van der Waals surface area contributed by atoms with Crippen LogP contribution in [0.2, 0.25) is 0 Å². The molecule has 1 aliphatic rings. The van der Waals surface area contributed by atoms with Gasteiger partial charge >= 0.3 is 0 Å². The Morgan fingerprint density at radius 2 is 2.12 bits per heavy atom. The van der Waals surface area contributed by atoms with E-state index in [9.17, 15) is 9.59 Å². The van der Waals surface area contributed by atoms with Crippen LogP contribution in [0.25, 0.3) is 0 Å². The van der Waals surface area contributed by atoms with Gasteiger partial charge in [-0.2, -0.15) is 0 Å². The Bertz CT molecular complexity index is 733. The van der Waals surface area contributed by atoms with Crippen molar-refractivity contribution in [3.63, 3.8) is 0 Å². The number of nitrogens with one attached hydrogen (secondary N) is 1. The molecule has 1 saturated heterocycles. The van der Waals surface area contributed by atoms with Crippen LogP contribution in [-0.4, -0.2) is 29.8 Å². The maximum Gasteiger partial charge on any atom is 0.255 e. The lowest BCUT2D eigenvalue weighted by Gasteiger charge is -2.28. The third-order valence-corrected chi connectivity index (χ3v) is 4.63. The molecule has 2 amide bonds. The molecule has 0 unspecified atom stereocenters. The van der Waals surface area contributed by atoms with Crippen LogP contribution in [0.3, 0.4) is 0 Å². The Morgan fingerprint density at radius 1 is 1.28 bits per heavy atom. The van der Waals surface area contributed by atoms with Crippen molar-refractivity contribution in [3.8, 4) is 0 Å². The number of rotatable bonds is 4. The summed E-state index contributed by atoms with van der Waals surface area (Å²) < 4.78 is 10.9. The second-order valence-electron chi connectivity index (χ2n) is 6.48. The highest BCUT2D eigenvalue weighted by atomic mass is 16.3. The number of carbonyl (C=O) groups is 2. The molecular weight excluding hydrogens is 320 g/mol. The Hall–Kier alpha value is -2.50. The van der Waals surface area contributed by atoms with E-state index in [1.54, 1.807) is 26.2 Å². The Labute approximate surface area is 147 Å². The summed E-state index contributed by atoms with van der Waals surface area (Å²) in [6.07, 6.45) is 5.65. The second-order valence-corrected chi connectivity index (χ2v) is 6.48. The SMILES string of the molecule is Cc1cc(C(=O)NCC(=O)N2CCCCC[C@H]2c2ccco2)c(C)o1. The van der Waals surface area contributed by atoms with Crippen LogP contribution < -0.4 is 5.32 Å². The molecule has 0 aromatic carbocycles. The minimum absolute atomic E-state index is 0.0281. The molecule has 6 nitrogen and oxygen atoms in total. The Balaban J connectivity index is 1.66. The van der Waals surface area contributed by atoms with E-state index in [1.807, 2.05) is 17.0 Å². The zero-order valence-corrected chi connectivity index (χ0v) is 14.7. The summed E-state index contributed by atoms with van der Waals surface area (Å²) in [6.45, 7) is 4.19. The van der Waals surface area contributed by atoms with Gasteiger partial charge < -0.3 is 19.1 Å². The van der Waals surface area contributed by atoms with Crippen molar-refractivity contribution in [2.24, 2.45) is 0 Å². The summed E-state index contributed by atoms with van der Waals surface area (Å²) in [7, 11) is 0. The molecule has 6 heteroatoms. The summed E-state index contributed by atoms with van der Waals surface area (Å²) in [4.78, 5) is 26.8. The first kappa shape index (κ1) is 17.3. The van der Waals surface area contributed by atoms with Gasteiger partial charge in [-0.05, 0) is 44.9 Å². The van der Waals surface area contributed by atoms with Gasteiger partial charge in [-0.1, -0.05) is 12.8 Å². The highest BCUT2D eigenvalue weighted by molar-refractivity contribution is 5.97. The maximum atomic E-state index is 12.7. The quantitative estimate of drug-likeness (QED) is 0.923. The third-order valence-electron chi connectivity index (χ3n) is 4.63. The Morgan fingerprint density at radius 3 is 2.80 bits per heavy atom. The molecule has 25 heavy (non-hydrogen) atoms. The normalized spacial score (nSPS) is 18.0. The highest BCUT2D eigenvalue weighted by Crippen LogP contribution is 2.30. The van der Waals surface area contributed by atoms with E-state index < -0.39 is 0 Å². The van der Waals surface area contributed by atoms with E-state index >= 15 is 0 Å². The van der Waals surface area contributed by atoms with E-state index in [0.29, 0.717) is 23.6 Å². The van der Waals surface area contributed by atoms with E-state index in [1.165, 1.54) is 0 Å². The average molecular weight is 344 g/mol. The van der Waals surface area contributed by atoms with Gasteiger partial charge in [0.05, 0.1) is 24.4 Å². The lowest BCUT2D eigenvalue weighted by Crippen LogP contribution is -2.42. The van der Waals surface area contributed by atoms with Gasteiger partial charge in [0.15, 0.2) is 0 Å². The number of amides is 2. The summed E-state index contributed by atoms with van der Waals surface area (Å²) in [5, 5.41) is 2.72. The van der Waals surface area contributed by atoms with E-state index in [0.717, 1.165) is 31.4 Å². The number of furan rings is 2. The van der Waals surface area contributed by atoms with E-state index in [4.69, 9.17) is 8.83 Å². The second kappa shape index (κ2) is 7.59. The zero-order valence-electron chi connectivity index (χ0n) is 14.7. The molecule has 3 heterocycles. The number of likely N-dealkylation sites (tertiary alicyclic amines) is 1. The third kappa shape index (κ3) is 3.95. The minimum atomic E-state index is -0.285.